The van der Waals surface area contributed by atoms with E-state index in [0.29, 0.717) is 18.9 Å². The van der Waals surface area contributed by atoms with E-state index in [4.69, 9.17) is 0 Å². The number of hydrogen-bond donors (Lipinski definition) is 1. The van der Waals surface area contributed by atoms with Gasteiger partial charge in [0.05, 0.1) is 0 Å². The number of nitrogens with one attached hydrogen (secondary N) is 1. The van der Waals surface area contributed by atoms with Crippen molar-refractivity contribution >= 4 is 11.8 Å². The van der Waals surface area contributed by atoms with E-state index in [9.17, 15) is 9.59 Å². The molecule has 1 aromatic carbocycles. The van der Waals surface area contributed by atoms with Crippen LogP contribution in [0, 0.1) is 5.92 Å². The topological polar surface area (TPSA) is 52.7 Å². The van der Waals surface area contributed by atoms with E-state index < -0.39 is 6.04 Å². The molecule has 2 aliphatic rings. The van der Waals surface area contributed by atoms with Crippen molar-refractivity contribution in [2.75, 3.05) is 33.2 Å². The van der Waals surface area contributed by atoms with Crippen molar-refractivity contribution in [2.24, 2.45) is 5.92 Å². The van der Waals surface area contributed by atoms with Gasteiger partial charge in [-0.15, -0.1) is 0 Å². The lowest BCUT2D eigenvalue weighted by Gasteiger charge is -2.36. The summed E-state index contributed by atoms with van der Waals surface area (Å²) in [6, 6.07) is 9.29. The molecule has 2 amide bonds. The second-order valence-corrected chi connectivity index (χ2v) is 6.85. The maximum absolute atomic E-state index is 13.3. The zero-order valence-corrected chi connectivity index (χ0v) is 14.4. The molecule has 0 aliphatic carbocycles. The number of carbonyl (C=O) groups is 2. The highest BCUT2D eigenvalue weighted by Gasteiger charge is 2.37. The van der Waals surface area contributed by atoms with Gasteiger partial charge in [-0.05, 0) is 44.3 Å². The van der Waals surface area contributed by atoms with Crippen molar-refractivity contribution in [1.29, 1.82) is 0 Å². The van der Waals surface area contributed by atoms with Crippen LogP contribution in [0.2, 0.25) is 0 Å². The SMILES string of the molecule is CNCC1CCN(C(=O)C(c2ccccc2)N2CCCCC2=O)C1. The Bertz CT molecular complexity index is 575. The first-order chi connectivity index (χ1) is 11.7. The van der Waals surface area contributed by atoms with Crippen LogP contribution >= 0.6 is 0 Å². The van der Waals surface area contributed by atoms with E-state index in [0.717, 1.165) is 44.5 Å². The molecule has 5 nitrogen and oxygen atoms in total. The number of nitrogens with zero attached hydrogens (tertiary/aromatic N) is 2. The Hall–Kier alpha value is -1.88. The van der Waals surface area contributed by atoms with Crippen molar-refractivity contribution in [2.45, 2.75) is 31.7 Å². The van der Waals surface area contributed by atoms with E-state index in [1.807, 2.05) is 42.3 Å². The normalized spacial score (nSPS) is 22.7. The highest BCUT2D eigenvalue weighted by Crippen LogP contribution is 2.29. The van der Waals surface area contributed by atoms with Gasteiger partial charge in [0.1, 0.15) is 6.04 Å². The van der Waals surface area contributed by atoms with E-state index >= 15 is 0 Å². The van der Waals surface area contributed by atoms with Crippen LogP contribution in [-0.2, 0) is 9.59 Å². The summed E-state index contributed by atoms with van der Waals surface area (Å²) in [7, 11) is 1.95. The first kappa shape index (κ1) is 17.0. The number of rotatable bonds is 5. The zero-order chi connectivity index (χ0) is 16.9. The molecule has 0 spiro atoms. The fourth-order valence-electron chi connectivity index (χ4n) is 3.85. The predicted octanol–water partition coefficient (Wildman–Crippen LogP) is 1.81. The van der Waals surface area contributed by atoms with Gasteiger partial charge in [-0.25, -0.2) is 0 Å². The Morgan fingerprint density at radius 3 is 2.75 bits per heavy atom. The smallest absolute Gasteiger partial charge is 0.250 e. The summed E-state index contributed by atoms with van der Waals surface area (Å²) in [5.74, 6) is 0.692. The van der Waals surface area contributed by atoms with Crippen LogP contribution in [0.15, 0.2) is 30.3 Å². The van der Waals surface area contributed by atoms with Crippen LogP contribution in [-0.4, -0.2) is 54.8 Å². The molecule has 2 atom stereocenters. The molecule has 2 aliphatic heterocycles. The van der Waals surface area contributed by atoms with Gasteiger partial charge in [0.15, 0.2) is 0 Å². The maximum atomic E-state index is 13.3. The Kier molecular flexibility index (Phi) is 5.51. The molecular formula is C19H27N3O2. The van der Waals surface area contributed by atoms with E-state index in [-0.39, 0.29) is 11.8 Å². The van der Waals surface area contributed by atoms with Crippen LogP contribution in [0.4, 0.5) is 0 Å². The molecule has 0 aromatic heterocycles. The summed E-state index contributed by atoms with van der Waals surface area (Å²) in [4.78, 5) is 29.4. The van der Waals surface area contributed by atoms with Crippen LogP contribution in [0.3, 0.4) is 0 Å². The van der Waals surface area contributed by atoms with Crippen molar-refractivity contribution in [1.82, 2.24) is 15.1 Å². The van der Waals surface area contributed by atoms with E-state index in [1.54, 1.807) is 4.90 Å². The molecule has 3 rings (SSSR count). The van der Waals surface area contributed by atoms with Crippen molar-refractivity contribution in [3.05, 3.63) is 35.9 Å². The third-order valence-electron chi connectivity index (χ3n) is 5.11. The molecule has 0 bridgehead atoms. The number of piperidine rings is 1. The number of benzene rings is 1. The molecule has 5 heteroatoms. The van der Waals surface area contributed by atoms with Crippen molar-refractivity contribution in [3.8, 4) is 0 Å². The number of amides is 2. The van der Waals surface area contributed by atoms with Crippen LogP contribution in [0.5, 0.6) is 0 Å². The van der Waals surface area contributed by atoms with Gasteiger partial charge in [-0.2, -0.15) is 0 Å². The summed E-state index contributed by atoms with van der Waals surface area (Å²) < 4.78 is 0. The fourth-order valence-corrected chi connectivity index (χ4v) is 3.85. The molecule has 130 valence electrons. The first-order valence-corrected chi connectivity index (χ1v) is 8.98. The van der Waals surface area contributed by atoms with Crippen LogP contribution in [0.25, 0.3) is 0 Å². The quantitative estimate of drug-likeness (QED) is 0.896. The third-order valence-corrected chi connectivity index (χ3v) is 5.11. The van der Waals surface area contributed by atoms with E-state index in [1.165, 1.54) is 0 Å². The van der Waals surface area contributed by atoms with Crippen molar-refractivity contribution in [3.63, 3.8) is 0 Å². The lowest BCUT2D eigenvalue weighted by Crippen LogP contribution is -2.46. The van der Waals surface area contributed by atoms with Gasteiger partial charge < -0.3 is 15.1 Å². The molecule has 1 aromatic rings. The lowest BCUT2D eigenvalue weighted by molar-refractivity contribution is -0.147. The van der Waals surface area contributed by atoms with Gasteiger partial charge in [0.2, 0.25) is 11.8 Å². The fraction of sp³-hybridized carbons (Fsp3) is 0.579. The number of hydrogen-bond acceptors (Lipinski definition) is 3. The van der Waals surface area contributed by atoms with Gasteiger partial charge in [0, 0.05) is 26.1 Å². The minimum absolute atomic E-state index is 0.0788. The summed E-state index contributed by atoms with van der Waals surface area (Å²) in [5, 5.41) is 3.20. The van der Waals surface area contributed by atoms with Gasteiger partial charge in [0.25, 0.3) is 0 Å². The third kappa shape index (κ3) is 3.61. The molecule has 2 unspecified atom stereocenters. The summed E-state index contributed by atoms with van der Waals surface area (Å²) in [5.41, 5.74) is 0.926. The van der Waals surface area contributed by atoms with Gasteiger partial charge in [-0.3, -0.25) is 9.59 Å². The molecule has 1 N–H and O–H groups in total. The predicted molar refractivity (Wildman–Crippen MR) is 93.4 cm³/mol. The summed E-state index contributed by atoms with van der Waals surface area (Å²) in [6.45, 7) is 3.18. The van der Waals surface area contributed by atoms with Gasteiger partial charge in [-0.1, -0.05) is 30.3 Å². The van der Waals surface area contributed by atoms with Crippen molar-refractivity contribution < 1.29 is 9.59 Å². The zero-order valence-electron chi connectivity index (χ0n) is 14.4. The Balaban J connectivity index is 1.82. The monoisotopic (exact) mass is 329 g/mol. The molecule has 0 radical (unpaired) electrons. The highest BCUT2D eigenvalue weighted by molar-refractivity contribution is 5.89. The molecular weight excluding hydrogens is 302 g/mol. The Morgan fingerprint density at radius 2 is 2.04 bits per heavy atom. The first-order valence-electron chi connectivity index (χ1n) is 8.98. The Morgan fingerprint density at radius 1 is 1.25 bits per heavy atom. The number of carbonyl (C=O) groups excluding carboxylic acids is 2. The maximum Gasteiger partial charge on any atom is 0.250 e. The highest BCUT2D eigenvalue weighted by atomic mass is 16.2. The minimum Gasteiger partial charge on any atom is -0.340 e. The van der Waals surface area contributed by atoms with E-state index in [2.05, 4.69) is 5.32 Å². The second kappa shape index (κ2) is 7.79. The summed E-state index contributed by atoms with van der Waals surface area (Å²) >= 11 is 0. The number of likely N-dealkylation sites (tertiary alicyclic amines) is 2. The molecule has 24 heavy (non-hydrogen) atoms. The van der Waals surface area contributed by atoms with Gasteiger partial charge >= 0.3 is 0 Å². The average Bonchev–Trinajstić information content (AvgIpc) is 3.07. The lowest BCUT2D eigenvalue weighted by atomic mass is 10.00. The van der Waals surface area contributed by atoms with Crippen LogP contribution < -0.4 is 5.32 Å². The average molecular weight is 329 g/mol. The minimum atomic E-state index is -0.465. The van der Waals surface area contributed by atoms with Crippen LogP contribution in [0.1, 0.15) is 37.3 Å². The second-order valence-electron chi connectivity index (χ2n) is 6.85. The largest absolute Gasteiger partial charge is 0.340 e. The Labute approximate surface area is 144 Å². The standard InChI is InChI=1S/C19H27N3O2/c1-20-13-15-10-12-21(14-15)19(24)18(16-7-3-2-4-8-16)22-11-6-5-9-17(22)23/h2-4,7-8,15,18,20H,5-6,9-14H2,1H3. The molecule has 2 saturated heterocycles. The molecule has 2 heterocycles. The summed E-state index contributed by atoms with van der Waals surface area (Å²) in [6.07, 6.45) is 3.49. The molecule has 2 fully saturated rings. The molecule has 0 saturated carbocycles.